The van der Waals surface area contributed by atoms with E-state index < -0.39 is 0 Å². The van der Waals surface area contributed by atoms with Crippen LogP contribution >= 0.6 is 0 Å². The molecule has 3 aromatic rings. The molecule has 0 fully saturated rings. The molecule has 2 heterocycles. The number of hydrogen-bond acceptors (Lipinski definition) is 2. The van der Waals surface area contributed by atoms with Crippen LogP contribution in [0.2, 0.25) is 0 Å². The minimum atomic E-state index is 0.951. The molecule has 1 aromatic heterocycles. The second-order valence-electron chi connectivity index (χ2n) is 5.35. The fraction of sp³-hybridized carbons (Fsp3) is 0.235. The standard InChI is InChI=1S/C17H17N3/c1-19-16-6-3-2-5-14(16)15-8-7-13(11-17(15)19)20-10-4-9-18-12-20/h2-3,5-8,11-12H,4,9-10H2,1H3. The Bertz CT molecular complexity index is 814. The van der Waals surface area contributed by atoms with Gasteiger partial charge in [-0.3, -0.25) is 4.99 Å². The number of benzene rings is 2. The van der Waals surface area contributed by atoms with Crippen molar-refractivity contribution in [1.29, 1.82) is 0 Å². The van der Waals surface area contributed by atoms with Crippen LogP contribution in [-0.4, -0.2) is 24.0 Å². The third-order valence-corrected chi connectivity index (χ3v) is 4.14. The van der Waals surface area contributed by atoms with Crippen molar-refractivity contribution in [2.45, 2.75) is 6.42 Å². The number of para-hydroxylation sites is 1. The molecule has 0 radical (unpaired) electrons. The number of anilines is 1. The van der Waals surface area contributed by atoms with E-state index in [1.54, 1.807) is 0 Å². The third-order valence-electron chi connectivity index (χ3n) is 4.14. The minimum Gasteiger partial charge on any atom is -0.344 e. The zero-order chi connectivity index (χ0) is 13.5. The van der Waals surface area contributed by atoms with E-state index >= 15 is 0 Å². The zero-order valence-electron chi connectivity index (χ0n) is 11.6. The molecule has 0 amide bonds. The van der Waals surface area contributed by atoms with Crippen molar-refractivity contribution < 1.29 is 0 Å². The maximum absolute atomic E-state index is 4.37. The maximum atomic E-state index is 4.37. The summed E-state index contributed by atoms with van der Waals surface area (Å²) in [6, 6.07) is 15.3. The SMILES string of the molecule is Cn1c2ccccc2c2ccc(N3C=NCCC3)cc21. The van der Waals surface area contributed by atoms with Crippen LogP contribution in [0.3, 0.4) is 0 Å². The highest BCUT2D eigenvalue weighted by molar-refractivity contribution is 6.09. The first-order valence-corrected chi connectivity index (χ1v) is 7.08. The summed E-state index contributed by atoms with van der Waals surface area (Å²) in [6.07, 6.45) is 3.09. The Morgan fingerprint density at radius 3 is 2.70 bits per heavy atom. The first-order valence-electron chi connectivity index (χ1n) is 7.08. The average molecular weight is 263 g/mol. The van der Waals surface area contributed by atoms with Crippen LogP contribution in [0, 0.1) is 0 Å². The van der Waals surface area contributed by atoms with Crippen molar-refractivity contribution in [3.63, 3.8) is 0 Å². The average Bonchev–Trinajstić information content (AvgIpc) is 2.81. The van der Waals surface area contributed by atoms with Gasteiger partial charge < -0.3 is 9.47 Å². The van der Waals surface area contributed by atoms with Crippen LogP contribution in [0.5, 0.6) is 0 Å². The van der Waals surface area contributed by atoms with Gasteiger partial charge in [-0.1, -0.05) is 24.3 Å². The van der Waals surface area contributed by atoms with E-state index in [0.717, 1.165) is 19.5 Å². The first kappa shape index (κ1) is 11.5. The van der Waals surface area contributed by atoms with Gasteiger partial charge in [-0.15, -0.1) is 0 Å². The topological polar surface area (TPSA) is 20.5 Å². The van der Waals surface area contributed by atoms with Gasteiger partial charge in [-0.05, 0) is 24.6 Å². The van der Waals surface area contributed by atoms with Gasteiger partial charge in [-0.2, -0.15) is 0 Å². The summed E-state index contributed by atoms with van der Waals surface area (Å²) in [4.78, 5) is 6.61. The largest absolute Gasteiger partial charge is 0.344 e. The molecule has 0 unspecified atom stereocenters. The van der Waals surface area contributed by atoms with Gasteiger partial charge in [0.1, 0.15) is 0 Å². The summed E-state index contributed by atoms with van der Waals surface area (Å²) in [6.45, 7) is 2.01. The summed E-state index contributed by atoms with van der Waals surface area (Å²) in [5.41, 5.74) is 3.79. The fourth-order valence-corrected chi connectivity index (χ4v) is 3.07. The molecule has 3 heteroatoms. The van der Waals surface area contributed by atoms with E-state index in [0.29, 0.717) is 0 Å². The Labute approximate surface area is 118 Å². The van der Waals surface area contributed by atoms with E-state index in [4.69, 9.17) is 0 Å². The van der Waals surface area contributed by atoms with Crippen molar-refractivity contribution in [2.24, 2.45) is 12.0 Å². The molecule has 0 bridgehead atoms. The maximum Gasteiger partial charge on any atom is 0.0894 e. The number of aryl methyl sites for hydroxylation is 1. The Morgan fingerprint density at radius 2 is 1.85 bits per heavy atom. The molecule has 0 saturated heterocycles. The van der Waals surface area contributed by atoms with Gasteiger partial charge in [0, 0.05) is 42.1 Å². The highest BCUT2D eigenvalue weighted by atomic mass is 15.2. The van der Waals surface area contributed by atoms with Gasteiger partial charge >= 0.3 is 0 Å². The monoisotopic (exact) mass is 263 g/mol. The molecule has 2 aromatic carbocycles. The lowest BCUT2D eigenvalue weighted by atomic mass is 10.1. The van der Waals surface area contributed by atoms with Gasteiger partial charge in [0.2, 0.25) is 0 Å². The van der Waals surface area contributed by atoms with Crippen LogP contribution in [0.25, 0.3) is 21.8 Å². The summed E-state index contributed by atoms with van der Waals surface area (Å²) in [7, 11) is 2.14. The zero-order valence-corrected chi connectivity index (χ0v) is 11.6. The van der Waals surface area contributed by atoms with Gasteiger partial charge in [-0.25, -0.2) is 0 Å². The van der Waals surface area contributed by atoms with Crippen molar-refractivity contribution in [2.75, 3.05) is 18.0 Å². The number of aliphatic imine (C=N–C) groups is 1. The minimum absolute atomic E-state index is 0.951. The van der Waals surface area contributed by atoms with Crippen LogP contribution < -0.4 is 4.90 Å². The van der Waals surface area contributed by atoms with Crippen molar-refractivity contribution in [3.05, 3.63) is 42.5 Å². The molecular formula is C17H17N3. The molecule has 100 valence electrons. The number of rotatable bonds is 1. The second kappa shape index (κ2) is 4.37. The third kappa shape index (κ3) is 1.63. The smallest absolute Gasteiger partial charge is 0.0894 e. The Balaban J connectivity index is 1.95. The predicted octanol–water partition coefficient (Wildman–Crippen LogP) is 3.57. The molecule has 0 aliphatic carbocycles. The molecule has 0 saturated carbocycles. The van der Waals surface area contributed by atoms with Crippen LogP contribution in [0.15, 0.2) is 47.5 Å². The molecule has 3 nitrogen and oxygen atoms in total. The Kier molecular flexibility index (Phi) is 2.52. The van der Waals surface area contributed by atoms with E-state index in [-0.39, 0.29) is 0 Å². The van der Waals surface area contributed by atoms with Crippen molar-refractivity contribution in [3.8, 4) is 0 Å². The summed E-state index contributed by atoms with van der Waals surface area (Å²) >= 11 is 0. The van der Waals surface area contributed by atoms with Gasteiger partial charge in [0.25, 0.3) is 0 Å². The fourth-order valence-electron chi connectivity index (χ4n) is 3.07. The quantitative estimate of drug-likeness (QED) is 0.657. The van der Waals surface area contributed by atoms with E-state index in [9.17, 15) is 0 Å². The first-order chi connectivity index (χ1) is 9.84. The number of nitrogens with zero attached hydrogens (tertiary/aromatic N) is 3. The summed E-state index contributed by atoms with van der Waals surface area (Å²) < 4.78 is 2.27. The highest BCUT2D eigenvalue weighted by Gasteiger charge is 2.11. The number of fused-ring (bicyclic) bond motifs is 3. The number of hydrogen-bond donors (Lipinski definition) is 0. The number of aromatic nitrogens is 1. The lowest BCUT2D eigenvalue weighted by molar-refractivity contribution is 0.802. The highest BCUT2D eigenvalue weighted by Crippen LogP contribution is 2.30. The van der Waals surface area contributed by atoms with Gasteiger partial charge in [0.15, 0.2) is 0 Å². The lowest BCUT2D eigenvalue weighted by Crippen LogP contribution is -2.26. The molecule has 20 heavy (non-hydrogen) atoms. The van der Waals surface area contributed by atoms with E-state index in [1.165, 1.54) is 27.5 Å². The van der Waals surface area contributed by atoms with Crippen molar-refractivity contribution >= 4 is 33.8 Å². The lowest BCUT2D eigenvalue weighted by Gasteiger charge is -2.22. The molecule has 0 N–H and O–H groups in total. The van der Waals surface area contributed by atoms with Crippen LogP contribution in [0.1, 0.15) is 6.42 Å². The second-order valence-corrected chi connectivity index (χ2v) is 5.35. The summed E-state index contributed by atoms with van der Waals surface area (Å²) in [5, 5.41) is 2.64. The van der Waals surface area contributed by atoms with Crippen LogP contribution in [-0.2, 0) is 7.05 Å². The molecule has 0 atom stereocenters. The molecule has 4 rings (SSSR count). The van der Waals surface area contributed by atoms with Crippen LogP contribution in [0.4, 0.5) is 5.69 Å². The normalized spacial score (nSPS) is 15.3. The molecule has 1 aliphatic rings. The predicted molar refractivity (Wildman–Crippen MR) is 85.7 cm³/mol. The molecular weight excluding hydrogens is 246 g/mol. The van der Waals surface area contributed by atoms with Gasteiger partial charge in [0.05, 0.1) is 11.9 Å². The molecule has 1 aliphatic heterocycles. The molecule has 0 spiro atoms. The Morgan fingerprint density at radius 1 is 1.00 bits per heavy atom. The Hall–Kier alpha value is -2.29. The van der Waals surface area contributed by atoms with E-state index in [1.807, 2.05) is 6.34 Å². The van der Waals surface area contributed by atoms with Crippen molar-refractivity contribution in [1.82, 2.24) is 4.57 Å². The summed E-state index contributed by atoms with van der Waals surface area (Å²) in [5.74, 6) is 0. The van der Waals surface area contributed by atoms with E-state index in [2.05, 4.69) is 64.0 Å².